The van der Waals surface area contributed by atoms with Crippen molar-refractivity contribution in [2.24, 2.45) is 5.92 Å². The molecular weight excluding hydrogens is 156 g/mol. The van der Waals surface area contributed by atoms with Crippen LogP contribution in [0.15, 0.2) is 0 Å². The Hall–Kier alpha value is -0.860. The molecule has 0 aromatic rings. The zero-order valence-electron chi connectivity index (χ0n) is 6.91. The van der Waals surface area contributed by atoms with Crippen LogP contribution < -0.4 is 0 Å². The lowest BCUT2D eigenvalue weighted by Crippen LogP contribution is -2.15. The number of hydrogen-bond donors (Lipinski definition) is 0. The molecule has 0 unspecified atom stereocenters. The molecule has 1 heterocycles. The van der Waals surface area contributed by atoms with E-state index in [0.717, 1.165) is 12.8 Å². The lowest BCUT2D eigenvalue weighted by molar-refractivity contribution is -0.141. The maximum atomic E-state index is 11.2. The Morgan fingerprint density at radius 2 is 2.08 bits per heavy atom. The van der Waals surface area contributed by atoms with E-state index in [0.29, 0.717) is 25.0 Å². The molecule has 66 valence electrons. The minimum Gasteiger partial charge on any atom is -0.462 e. The summed E-state index contributed by atoms with van der Waals surface area (Å²) in [5.74, 6) is 0.355. The average Bonchev–Trinajstić information content (AvgIpc) is 2.23. The quantitative estimate of drug-likeness (QED) is 0.508. The van der Waals surface area contributed by atoms with Crippen LogP contribution in [-0.2, 0) is 14.3 Å². The van der Waals surface area contributed by atoms with Crippen molar-refractivity contribution in [2.45, 2.75) is 38.2 Å². The summed E-state index contributed by atoms with van der Waals surface area (Å²) in [4.78, 5) is 22.1. The first-order valence-corrected chi connectivity index (χ1v) is 4.47. The van der Waals surface area contributed by atoms with E-state index in [4.69, 9.17) is 4.74 Å². The molecule has 2 fully saturated rings. The van der Waals surface area contributed by atoms with E-state index in [9.17, 15) is 9.59 Å². The minimum atomic E-state index is -0.125. The molecule has 1 aliphatic carbocycles. The minimum absolute atomic E-state index is 0.0453. The van der Waals surface area contributed by atoms with E-state index in [1.54, 1.807) is 0 Å². The first-order chi connectivity index (χ1) is 5.75. The number of hydrogen-bond acceptors (Lipinski definition) is 3. The lowest BCUT2D eigenvalue weighted by Gasteiger charge is -2.11. The largest absolute Gasteiger partial charge is 0.462 e. The second-order valence-corrected chi connectivity index (χ2v) is 3.63. The maximum absolute atomic E-state index is 11.2. The van der Waals surface area contributed by atoms with Gasteiger partial charge >= 0.3 is 5.97 Å². The topological polar surface area (TPSA) is 43.4 Å². The molecule has 0 radical (unpaired) electrons. The van der Waals surface area contributed by atoms with Gasteiger partial charge in [-0.1, -0.05) is 0 Å². The lowest BCUT2D eigenvalue weighted by atomic mass is 9.96. The van der Waals surface area contributed by atoms with Crippen molar-refractivity contribution in [3.8, 4) is 0 Å². The van der Waals surface area contributed by atoms with Crippen molar-refractivity contribution >= 4 is 11.8 Å². The van der Waals surface area contributed by atoms with Crippen molar-refractivity contribution < 1.29 is 14.3 Å². The van der Waals surface area contributed by atoms with Gasteiger partial charge in [-0.15, -0.1) is 0 Å². The summed E-state index contributed by atoms with van der Waals surface area (Å²) in [6.07, 6.45) is 3.48. The Morgan fingerprint density at radius 3 is 2.92 bits per heavy atom. The molecule has 0 amide bonds. The summed E-state index contributed by atoms with van der Waals surface area (Å²) < 4.78 is 5.10. The molecule has 0 aromatic heterocycles. The van der Waals surface area contributed by atoms with Crippen LogP contribution in [-0.4, -0.2) is 17.9 Å². The van der Waals surface area contributed by atoms with Crippen LogP contribution in [0.4, 0.5) is 0 Å². The van der Waals surface area contributed by atoms with Crippen LogP contribution in [0.25, 0.3) is 0 Å². The van der Waals surface area contributed by atoms with Gasteiger partial charge in [-0.3, -0.25) is 9.59 Å². The summed E-state index contributed by atoms with van der Waals surface area (Å²) in [5.41, 5.74) is 0. The molecular formula is C9H12O3. The number of Topliss-reactive ketones (excluding diaryl/α,β-unsaturated/α-hetero) is 1. The molecule has 0 spiro atoms. The second kappa shape index (κ2) is 2.88. The Labute approximate surface area is 71.1 Å². The number of ether oxygens (including phenoxy) is 1. The molecule has 0 bridgehead atoms. The third-order valence-corrected chi connectivity index (χ3v) is 2.67. The third kappa shape index (κ3) is 1.36. The molecule has 3 nitrogen and oxygen atoms in total. The molecule has 0 aromatic carbocycles. The van der Waals surface area contributed by atoms with Gasteiger partial charge in [0.05, 0.1) is 6.42 Å². The Bertz CT molecular complexity index is 222. The van der Waals surface area contributed by atoms with Gasteiger partial charge in [0.2, 0.25) is 0 Å². The highest BCUT2D eigenvalue weighted by Gasteiger charge is 2.37. The summed E-state index contributed by atoms with van der Waals surface area (Å²) >= 11 is 0. The van der Waals surface area contributed by atoms with E-state index in [1.807, 2.05) is 0 Å². The second-order valence-electron chi connectivity index (χ2n) is 3.63. The van der Waals surface area contributed by atoms with Gasteiger partial charge in [0, 0.05) is 18.8 Å². The monoisotopic (exact) mass is 168 g/mol. The Morgan fingerprint density at radius 1 is 1.25 bits per heavy atom. The molecule has 3 heteroatoms. The van der Waals surface area contributed by atoms with Crippen LogP contribution in [0.1, 0.15) is 32.1 Å². The summed E-state index contributed by atoms with van der Waals surface area (Å²) in [5, 5.41) is 0. The zero-order valence-corrected chi connectivity index (χ0v) is 6.91. The van der Waals surface area contributed by atoms with Gasteiger partial charge in [0.15, 0.2) is 0 Å². The fourth-order valence-corrected chi connectivity index (χ4v) is 2.05. The summed E-state index contributed by atoms with van der Waals surface area (Å²) in [6, 6.07) is 0. The van der Waals surface area contributed by atoms with Gasteiger partial charge in [-0.2, -0.15) is 0 Å². The SMILES string of the molecule is O=C1CCC[C@H]2OC(=O)C[C@@H]2C1. The van der Waals surface area contributed by atoms with Gasteiger partial charge in [0.25, 0.3) is 0 Å². The molecule has 2 aliphatic rings. The molecule has 1 saturated heterocycles. The van der Waals surface area contributed by atoms with Crippen LogP contribution in [0, 0.1) is 5.92 Å². The fourth-order valence-electron chi connectivity index (χ4n) is 2.05. The number of fused-ring (bicyclic) bond motifs is 1. The smallest absolute Gasteiger partial charge is 0.306 e. The van der Waals surface area contributed by atoms with Crippen molar-refractivity contribution in [3.63, 3.8) is 0 Å². The molecule has 1 aliphatic heterocycles. The molecule has 2 atom stereocenters. The van der Waals surface area contributed by atoms with Gasteiger partial charge in [-0.25, -0.2) is 0 Å². The first kappa shape index (κ1) is 7.77. The number of carbonyl (C=O) groups excluding carboxylic acids is 2. The molecule has 1 saturated carbocycles. The standard InChI is InChI=1S/C9H12O3/c10-7-2-1-3-8-6(4-7)5-9(11)12-8/h6,8H,1-5H2/t6-,8+/m0/s1. The van der Waals surface area contributed by atoms with Crippen LogP contribution in [0.2, 0.25) is 0 Å². The zero-order chi connectivity index (χ0) is 8.55. The normalized spacial score (nSPS) is 35.7. The van der Waals surface area contributed by atoms with E-state index in [2.05, 4.69) is 0 Å². The summed E-state index contributed by atoms with van der Waals surface area (Å²) in [7, 11) is 0. The Kier molecular flexibility index (Phi) is 1.87. The number of rotatable bonds is 0. The van der Waals surface area contributed by atoms with Crippen molar-refractivity contribution in [1.82, 2.24) is 0 Å². The summed E-state index contributed by atoms with van der Waals surface area (Å²) in [6.45, 7) is 0. The van der Waals surface area contributed by atoms with E-state index in [1.165, 1.54) is 0 Å². The van der Waals surface area contributed by atoms with E-state index in [-0.39, 0.29) is 18.0 Å². The van der Waals surface area contributed by atoms with Crippen molar-refractivity contribution in [2.75, 3.05) is 0 Å². The van der Waals surface area contributed by atoms with E-state index < -0.39 is 0 Å². The van der Waals surface area contributed by atoms with Crippen LogP contribution in [0.5, 0.6) is 0 Å². The molecule has 12 heavy (non-hydrogen) atoms. The fraction of sp³-hybridized carbons (Fsp3) is 0.778. The third-order valence-electron chi connectivity index (χ3n) is 2.67. The van der Waals surface area contributed by atoms with Crippen molar-refractivity contribution in [1.29, 1.82) is 0 Å². The number of ketones is 1. The van der Waals surface area contributed by atoms with Crippen molar-refractivity contribution in [3.05, 3.63) is 0 Å². The van der Waals surface area contributed by atoms with E-state index >= 15 is 0 Å². The molecule has 2 rings (SSSR count). The van der Waals surface area contributed by atoms with Crippen LogP contribution in [0.3, 0.4) is 0 Å². The van der Waals surface area contributed by atoms with Gasteiger partial charge in [0.1, 0.15) is 11.9 Å². The number of carbonyl (C=O) groups is 2. The highest BCUT2D eigenvalue weighted by molar-refractivity contribution is 5.81. The number of esters is 1. The van der Waals surface area contributed by atoms with Gasteiger partial charge < -0.3 is 4.74 Å². The highest BCUT2D eigenvalue weighted by Crippen LogP contribution is 2.32. The Balaban J connectivity index is 2.08. The molecule has 0 N–H and O–H groups in total. The van der Waals surface area contributed by atoms with Gasteiger partial charge in [-0.05, 0) is 12.8 Å². The highest BCUT2D eigenvalue weighted by atomic mass is 16.5. The predicted octanol–water partition coefficient (Wildman–Crippen LogP) is 1.06. The maximum Gasteiger partial charge on any atom is 0.306 e. The average molecular weight is 168 g/mol. The van der Waals surface area contributed by atoms with Crippen LogP contribution >= 0.6 is 0 Å². The predicted molar refractivity (Wildman–Crippen MR) is 41.5 cm³/mol. The first-order valence-electron chi connectivity index (χ1n) is 4.47.